The molecule has 0 radical (unpaired) electrons. The summed E-state index contributed by atoms with van der Waals surface area (Å²) in [4.78, 5) is 32.3. The molecule has 2 aliphatic heterocycles. The van der Waals surface area contributed by atoms with E-state index in [4.69, 9.17) is 9.72 Å². The van der Waals surface area contributed by atoms with Gasteiger partial charge in [0.1, 0.15) is 0 Å². The Morgan fingerprint density at radius 3 is 2.30 bits per heavy atom. The third kappa shape index (κ3) is 5.33. The first-order chi connectivity index (χ1) is 16.2. The number of hydrogen-bond donors (Lipinski definition) is 4. The van der Waals surface area contributed by atoms with E-state index in [0.717, 1.165) is 31.7 Å². The minimum Gasteiger partial charge on any atom is -0.378 e. The number of urea groups is 1. The van der Waals surface area contributed by atoms with Crippen molar-refractivity contribution in [3.05, 3.63) is 48.8 Å². The van der Waals surface area contributed by atoms with Crippen molar-refractivity contribution in [3.63, 3.8) is 0 Å². The van der Waals surface area contributed by atoms with Crippen molar-refractivity contribution < 1.29 is 9.53 Å². The van der Waals surface area contributed by atoms with Gasteiger partial charge in [0.25, 0.3) is 0 Å². The Bertz CT molecular complexity index is 1080. The molecule has 2 amide bonds. The molecule has 4 heterocycles. The van der Waals surface area contributed by atoms with Gasteiger partial charge in [-0.05, 0) is 36.4 Å². The summed E-state index contributed by atoms with van der Waals surface area (Å²) in [6, 6.07) is 10.8. The Morgan fingerprint density at radius 2 is 1.64 bits per heavy atom. The number of nitrogens with zero attached hydrogens (tertiary/aromatic N) is 5. The van der Waals surface area contributed by atoms with E-state index < -0.39 is 0 Å². The van der Waals surface area contributed by atoms with Gasteiger partial charge in [-0.3, -0.25) is 4.98 Å². The molecule has 3 aromatic rings. The zero-order valence-corrected chi connectivity index (χ0v) is 18.0. The van der Waals surface area contributed by atoms with Crippen molar-refractivity contribution in [2.24, 2.45) is 0 Å². The highest BCUT2D eigenvalue weighted by Gasteiger charge is 2.21. The smallest absolute Gasteiger partial charge is 0.323 e. The topological polar surface area (TPSA) is 129 Å². The summed E-state index contributed by atoms with van der Waals surface area (Å²) in [6.07, 6.45) is 3.24. The molecule has 0 aliphatic carbocycles. The maximum absolute atomic E-state index is 12.2. The molecule has 2 aromatic heterocycles. The van der Waals surface area contributed by atoms with Crippen LogP contribution in [0, 0.1) is 0 Å². The molecule has 0 atom stereocenters. The molecular formula is C22H25N9O2. The number of benzene rings is 1. The molecule has 2 fully saturated rings. The second-order valence-electron chi connectivity index (χ2n) is 7.77. The largest absolute Gasteiger partial charge is 0.378 e. The molecule has 0 bridgehead atoms. The van der Waals surface area contributed by atoms with Gasteiger partial charge in [0.2, 0.25) is 11.9 Å². The Morgan fingerprint density at radius 1 is 0.939 bits per heavy atom. The van der Waals surface area contributed by atoms with Crippen LogP contribution < -0.4 is 26.2 Å². The van der Waals surface area contributed by atoms with Crippen LogP contribution in [-0.2, 0) is 4.74 Å². The number of morpholine rings is 1. The van der Waals surface area contributed by atoms with Gasteiger partial charge in [0.05, 0.1) is 19.3 Å². The fourth-order valence-corrected chi connectivity index (χ4v) is 3.47. The highest BCUT2D eigenvalue weighted by Crippen LogP contribution is 2.23. The molecule has 2 saturated heterocycles. The summed E-state index contributed by atoms with van der Waals surface area (Å²) in [7, 11) is 0. The summed E-state index contributed by atoms with van der Waals surface area (Å²) in [5.74, 6) is 1.78. The van der Waals surface area contributed by atoms with Crippen molar-refractivity contribution in [2.75, 3.05) is 60.2 Å². The van der Waals surface area contributed by atoms with Crippen LogP contribution in [0.5, 0.6) is 0 Å². The van der Waals surface area contributed by atoms with Gasteiger partial charge in [-0.2, -0.15) is 15.0 Å². The maximum atomic E-state index is 12.2. The van der Waals surface area contributed by atoms with Gasteiger partial charge in [-0.25, -0.2) is 4.79 Å². The highest BCUT2D eigenvalue weighted by atomic mass is 16.5. The van der Waals surface area contributed by atoms with Crippen molar-refractivity contribution >= 4 is 29.3 Å². The number of rotatable bonds is 6. The minimum absolute atomic E-state index is 0.309. The normalized spacial score (nSPS) is 16.1. The van der Waals surface area contributed by atoms with Crippen molar-refractivity contribution in [3.8, 4) is 11.4 Å². The average molecular weight is 448 g/mol. The molecule has 11 heteroatoms. The van der Waals surface area contributed by atoms with Gasteiger partial charge < -0.3 is 30.9 Å². The molecule has 2 aliphatic rings. The van der Waals surface area contributed by atoms with E-state index in [-0.39, 0.29) is 6.03 Å². The predicted molar refractivity (Wildman–Crippen MR) is 125 cm³/mol. The number of ether oxygens (including phenoxy) is 1. The molecule has 0 spiro atoms. The molecular weight excluding hydrogens is 422 g/mol. The lowest BCUT2D eigenvalue weighted by Crippen LogP contribution is -2.51. The van der Waals surface area contributed by atoms with Crippen LogP contribution in [0.1, 0.15) is 0 Å². The number of carbonyl (C=O) groups excluding carboxylic acids is 1. The quantitative estimate of drug-likeness (QED) is 0.447. The third-order valence-corrected chi connectivity index (χ3v) is 5.37. The second kappa shape index (κ2) is 9.76. The maximum Gasteiger partial charge on any atom is 0.323 e. The highest BCUT2D eigenvalue weighted by molar-refractivity contribution is 5.99. The lowest BCUT2D eigenvalue weighted by atomic mass is 10.2. The third-order valence-electron chi connectivity index (χ3n) is 5.37. The van der Waals surface area contributed by atoms with Crippen molar-refractivity contribution in [1.29, 1.82) is 0 Å². The van der Waals surface area contributed by atoms with E-state index in [0.29, 0.717) is 48.4 Å². The van der Waals surface area contributed by atoms with Crippen LogP contribution in [0.4, 0.5) is 28.1 Å². The van der Waals surface area contributed by atoms with Crippen molar-refractivity contribution in [2.45, 2.75) is 6.04 Å². The number of carbonyl (C=O) groups is 1. The summed E-state index contributed by atoms with van der Waals surface area (Å²) in [5, 5.41) is 12.2. The Labute approximate surface area is 191 Å². The minimum atomic E-state index is -0.329. The molecule has 33 heavy (non-hydrogen) atoms. The zero-order chi connectivity index (χ0) is 22.5. The molecule has 0 unspecified atom stereocenters. The van der Waals surface area contributed by atoms with Gasteiger partial charge in [-0.15, -0.1) is 0 Å². The number of anilines is 4. The monoisotopic (exact) mass is 447 g/mol. The van der Waals surface area contributed by atoms with Crippen LogP contribution in [-0.4, -0.2) is 71.4 Å². The first-order valence-corrected chi connectivity index (χ1v) is 10.9. The number of nitrogens with one attached hydrogen (secondary N) is 4. The Hall–Kier alpha value is -3.83. The summed E-state index contributed by atoms with van der Waals surface area (Å²) >= 11 is 0. The number of aromatic nitrogens is 4. The number of hydrogen-bond acceptors (Lipinski definition) is 9. The van der Waals surface area contributed by atoms with Gasteiger partial charge in [-0.1, -0.05) is 0 Å². The molecule has 1 aromatic carbocycles. The molecule has 170 valence electrons. The van der Waals surface area contributed by atoms with Crippen LogP contribution in [0.2, 0.25) is 0 Å². The lowest BCUT2D eigenvalue weighted by molar-refractivity contribution is 0.122. The van der Waals surface area contributed by atoms with E-state index >= 15 is 0 Å². The first-order valence-electron chi connectivity index (χ1n) is 10.9. The average Bonchev–Trinajstić information content (AvgIpc) is 2.83. The summed E-state index contributed by atoms with van der Waals surface area (Å²) < 4.78 is 5.46. The van der Waals surface area contributed by atoms with E-state index in [1.165, 1.54) is 0 Å². The van der Waals surface area contributed by atoms with E-state index in [1.54, 1.807) is 24.5 Å². The summed E-state index contributed by atoms with van der Waals surface area (Å²) in [6.45, 7) is 4.55. The van der Waals surface area contributed by atoms with Gasteiger partial charge >= 0.3 is 6.03 Å². The van der Waals surface area contributed by atoms with Crippen LogP contribution >= 0.6 is 0 Å². The second-order valence-corrected chi connectivity index (χ2v) is 7.77. The SMILES string of the molecule is O=C(Nc1ccncc1)Nc1ccc(-c2nc(NC3CNC3)nc(N3CCOCC3)n2)cc1. The number of amides is 2. The molecule has 5 rings (SSSR count). The first kappa shape index (κ1) is 21.0. The summed E-state index contributed by atoms with van der Waals surface area (Å²) in [5.41, 5.74) is 2.16. The molecule has 0 saturated carbocycles. The van der Waals surface area contributed by atoms with Gasteiger partial charge in [0, 0.05) is 55.5 Å². The van der Waals surface area contributed by atoms with Crippen LogP contribution in [0.3, 0.4) is 0 Å². The van der Waals surface area contributed by atoms with E-state index in [9.17, 15) is 4.79 Å². The van der Waals surface area contributed by atoms with E-state index in [2.05, 4.69) is 41.1 Å². The van der Waals surface area contributed by atoms with Crippen LogP contribution in [0.25, 0.3) is 11.4 Å². The predicted octanol–water partition coefficient (Wildman–Crippen LogP) is 1.80. The zero-order valence-electron chi connectivity index (χ0n) is 18.0. The lowest BCUT2D eigenvalue weighted by Gasteiger charge is -2.29. The van der Waals surface area contributed by atoms with E-state index in [1.807, 2.05) is 24.3 Å². The number of pyridine rings is 1. The molecule has 4 N–H and O–H groups in total. The Balaban J connectivity index is 1.32. The van der Waals surface area contributed by atoms with Crippen molar-refractivity contribution in [1.82, 2.24) is 25.3 Å². The standard InChI is InChI=1S/C22H25N9O2/c32-22(27-17-5-7-23-8-6-17)26-16-3-1-15(2-4-16)19-28-20(25-18-13-24-14-18)30-21(29-19)31-9-11-33-12-10-31/h1-8,18,24H,9-14H2,(H2,23,26,27,32)(H,25,28,29,30). The fourth-order valence-electron chi connectivity index (χ4n) is 3.47. The molecule has 11 nitrogen and oxygen atoms in total. The van der Waals surface area contributed by atoms with Gasteiger partial charge in [0.15, 0.2) is 5.82 Å². The fraction of sp³-hybridized carbons (Fsp3) is 0.318. The Kier molecular flexibility index (Phi) is 6.22. The van der Waals surface area contributed by atoms with Crippen LogP contribution in [0.15, 0.2) is 48.8 Å².